The van der Waals surface area contributed by atoms with Crippen LogP contribution in [0.25, 0.3) is 0 Å². The Morgan fingerprint density at radius 2 is 1.31 bits per heavy atom. The Labute approximate surface area is 329 Å². The Bertz CT molecular complexity index is 1670. The molecule has 0 N–H and O–H groups in total. The van der Waals surface area contributed by atoms with Gasteiger partial charge in [-0.05, 0) is 19.3 Å². The Morgan fingerprint density at radius 1 is 0.741 bits per heavy atom. The predicted molar refractivity (Wildman–Crippen MR) is 223 cm³/mol. The first-order valence-corrected chi connectivity index (χ1v) is 30.1. The second-order valence-electron chi connectivity index (χ2n) is 16.9. The van der Waals surface area contributed by atoms with Crippen LogP contribution in [0.15, 0.2) is 91.0 Å². The zero-order valence-electron chi connectivity index (χ0n) is 33.6. The maximum atomic E-state index is 7.05. The predicted octanol–water partition coefficient (Wildman–Crippen LogP) is 9.60. The van der Waals surface area contributed by atoms with Crippen molar-refractivity contribution >= 4 is 21.3 Å². The summed E-state index contributed by atoms with van der Waals surface area (Å²) in [4.78, 5) is 0. The average Bonchev–Trinajstić information content (AvgIpc) is 3.16. The van der Waals surface area contributed by atoms with Gasteiger partial charge in [0.05, 0.1) is 0 Å². The SMILES string of the molecule is CC(C)(CCOC1CCCCO1)[Si](C)(C)C#C[C@@H]1O[C@H](COCc2ccccc2)[C@@H](C#[C][Ge]([CH3])([CH3])[CH3])[C@H](OCc2ccccc2)[C@H]1OCc1ccccc1. The molecule has 6 nitrogen and oxygen atoms in total. The summed E-state index contributed by atoms with van der Waals surface area (Å²) in [6.45, 7) is 12.5. The van der Waals surface area contributed by atoms with Crippen LogP contribution in [0.1, 0.15) is 56.2 Å². The fourth-order valence-electron chi connectivity index (χ4n) is 6.48. The topological polar surface area (TPSA) is 55.4 Å². The van der Waals surface area contributed by atoms with E-state index in [4.69, 9.17) is 28.4 Å². The molecule has 2 heterocycles. The van der Waals surface area contributed by atoms with Gasteiger partial charge >= 0.3 is 289 Å². The van der Waals surface area contributed by atoms with Gasteiger partial charge in [-0.15, -0.1) is 0 Å². The first-order chi connectivity index (χ1) is 25.9. The van der Waals surface area contributed by atoms with Gasteiger partial charge in [0.2, 0.25) is 0 Å². The van der Waals surface area contributed by atoms with E-state index >= 15 is 0 Å². The second kappa shape index (κ2) is 20.5. The van der Waals surface area contributed by atoms with Gasteiger partial charge in [-0.25, -0.2) is 0 Å². The van der Waals surface area contributed by atoms with Gasteiger partial charge in [0, 0.05) is 6.61 Å². The van der Waals surface area contributed by atoms with Crippen molar-refractivity contribution in [2.75, 3.05) is 19.8 Å². The maximum absolute atomic E-state index is 7.05. The van der Waals surface area contributed by atoms with Crippen molar-refractivity contribution in [1.82, 2.24) is 0 Å². The van der Waals surface area contributed by atoms with E-state index in [9.17, 15) is 0 Å². The van der Waals surface area contributed by atoms with Crippen LogP contribution in [0.5, 0.6) is 0 Å². The molecule has 54 heavy (non-hydrogen) atoms. The van der Waals surface area contributed by atoms with Crippen LogP contribution in [0, 0.1) is 28.1 Å². The number of hydrogen-bond acceptors (Lipinski definition) is 6. The third-order valence-corrected chi connectivity index (χ3v) is 16.9. The molecule has 2 saturated heterocycles. The molecule has 2 aliphatic rings. The summed E-state index contributed by atoms with van der Waals surface area (Å²) in [6, 6.07) is 30.9. The normalized spacial score (nSPS) is 23.5. The van der Waals surface area contributed by atoms with Gasteiger partial charge in [0.1, 0.15) is 0 Å². The van der Waals surface area contributed by atoms with Crippen molar-refractivity contribution in [2.45, 2.75) is 125 Å². The molecule has 5 rings (SSSR count). The average molecular weight is 812 g/mol. The van der Waals surface area contributed by atoms with Gasteiger partial charge in [0.15, 0.2) is 6.29 Å². The Hall–Kier alpha value is -2.70. The summed E-state index contributed by atoms with van der Waals surface area (Å²) in [7, 11) is -2.17. The van der Waals surface area contributed by atoms with E-state index in [0.717, 1.165) is 49.0 Å². The minimum absolute atomic E-state index is 0.0158. The summed E-state index contributed by atoms with van der Waals surface area (Å²) in [6.07, 6.45) is 2.30. The molecule has 1 unspecified atom stereocenters. The van der Waals surface area contributed by atoms with Crippen LogP contribution in [-0.2, 0) is 48.2 Å². The van der Waals surface area contributed by atoms with E-state index in [2.05, 4.69) is 103 Å². The third-order valence-electron chi connectivity index (χ3n) is 10.7. The number of hydrogen-bond donors (Lipinski definition) is 0. The van der Waals surface area contributed by atoms with E-state index < -0.39 is 39.7 Å². The first kappa shape index (κ1) is 42.4. The van der Waals surface area contributed by atoms with Crippen LogP contribution in [0.3, 0.4) is 0 Å². The molecular weight excluding hydrogens is 749 g/mol. The molecule has 0 amide bonds. The van der Waals surface area contributed by atoms with Crippen LogP contribution in [0.4, 0.5) is 0 Å². The summed E-state index contributed by atoms with van der Waals surface area (Å²) in [5.74, 6) is 14.1. The first-order valence-electron chi connectivity index (χ1n) is 19.8. The molecule has 2 aliphatic heterocycles. The summed E-state index contributed by atoms with van der Waals surface area (Å²) in [5.41, 5.74) is 7.13. The van der Waals surface area contributed by atoms with E-state index in [-0.39, 0.29) is 23.4 Å². The molecule has 8 heteroatoms. The number of rotatable bonds is 15. The van der Waals surface area contributed by atoms with Gasteiger partial charge in [0.25, 0.3) is 0 Å². The van der Waals surface area contributed by atoms with Gasteiger partial charge in [-0.2, -0.15) is 0 Å². The number of ether oxygens (including phenoxy) is 6. The summed E-state index contributed by atoms with van der Waals surface area (Å²) >= 11 is -2.30. The summed E-state index contributed by atoms with van der Waals surface area (Å²) < 4.78 is 43.0. The van der Waals surface area contributed by atoms with Crippen LogP contribution < -0.4 is 0 Å². The molecule has 6 atom stereocenters. The quantitative estimate of drug-likeness (QED) is 0.113. The van der Waals surface area contributed by atoms with Crippen molar-refractivity contribution in [3.05, 3.63) is 108 Å². The van der Waals surface area contributed by atoms with E-state index in [1.54, 1.807) is 0 Å². The molecule has 0 aromatic heterocycles. The fraction of sp³-hybridized carbons (Fsp3) is 0.522. The molecule has 0 saturated carbocycles. The van der Waals surface area contributed by atoms with Crippen LogP contribution in [-0.4, -0.2) is 71.9 Å². The molecule has 3 aromatic carbocycles. The Morgan fingerprint density at radius 3 is 1.87 bits per heavy atom. The van der Waals surface area contributed by atoms with Gasteiger partial charge in [-0.3, -0.25) is 0 Å². The van der Waals surface area contributed by atoms with Crippen molar-refractivity contribution < 1.29 is 28.4 Å². The molecule has 0 aliphatic carbocycles. The van der Waals surface area contributed by atoms with Crippen LogP contribution >= 0.6 is 0 Å². The molecule has 2 fully saturated rings. The van der Waals surface area contributed by atoms with Crippen molar-refractivity contribution in [2.24, 2.45) is 5.92 Å². The molecule has 3 aromatic rings. The Balaban J connectivity index is 1.47. The molecule has 0 bridgehead atoms. The van der Waals surface area contributed by atoms with Crippen molar-refractivity contribution in [1.29, 1.82) is 0 Å². The third kappa shape index (κ3) is 13.2. The van der Waals surface area contributed by atoms with E-state index in [1.807, 2.05) is 54.6 Å². The van der Waals surface area contributed by atoms with E-state index in [0.29, 0.717) is 33.0 Å². The van der Waals surface area contributed by atoms with Crippen molar-refractivity contribution in [3.63, 3.8) is 0 Å². The monoisotopic (exact) mass is 812 g/mol. The van der Waals surface area contributed by atoms with Gasteiger partial charge < -0.3 is 9.47 Å². The molecule has 0 radical (unpaired) electrons. The molecule has 0 spiro atoms. The van der Waals surface area contributed by atoms with E-state index in [1.165, 1.54) is 0 Å². The van der Waals surface area contributed by atoms with Crippen molar-refractivity contribution in [3.8, 4) is 22.1 Å². The van der Waals surface area contributed by atoms with Gasteiger partial charge in [-0.1, -0.05) is 0 Å². The standard InChI is InChI=1S/C46H62GeO6Si/c1-46(2,28-31-50-43-25-17-18-30-49-43)54(6,7)32-27-41-45(52-35-39-23-15-10-16-24-39)44(51-34-38-21-13-9-14-22-38)40(26-29-47(3,4)5)42(53-41)36-48-33-37-19-11-8-12-20-37/h8-16,19-24,40-45H,17-18,25,28,30-31,33-36H2,1-7H3/t40-,41+,42-,43?,44+,45+/m1/s1. The minimum atomic E-state index is -2.30. The zero-order valence-corrected chi connectivity index (χ0v) is 36.7. The Kier molecular flexibility index (Phi) is 16.1. The molecular formula is C46H62GeO6Si. The molecule has 290 valence electrons. The van der Waals surface area contributed by atoms with Crippen LogP contribution in [0.2, 0.25) is 35.4 Å². The number of benzene rings is 3. The fourth-order valence-corrected chi connectivity index (χ4v) is 9.30. The zero-order chi connectivity index (χ0) is 38.4. The summed E-state index contributed by atoms with van der Waals surface area (Å²) in [5, 5.41) is -0.0158. The second-order valence-corrected chi connectivity index (χ2v) is 31.7.